The van der Waals surface area contributed by atoms with Gasteiger partial charge in [-0.05, 0) is 43.3 Å². The molecule has 1 heterocycles. The number of carbonyl (C=O) groups excluding carboxylic acids is 3. The van der Waals surface area contributed by atoms with E-state index >= 15 is 0 Å². The standard InChI is InChI=1S/C21H23N3O5/c1-3-29-20(26)15-8-10-16(11-9-15)22-19(25)14-23-12-13-24(21(23)27)17-6-4-5-7-18(17)28-2/h4-11H,3,12-14H2,1-2H3,(H,22,25). The van der Waals surface area contributed by atoms with Gasteiger partial charge in [-0.15, -0.1) is 0 Å². The SMILES string of the molecule is CCOC(=O)c1ccc(NC(=O)CN2CCN(c3ccccc3OC)C2=O)cc1. The van der Waals surface area contributed by atoms with Gasteiger partial charge in [0.15, 0.2) is 0 Å². The van der Waals surface area contributed by atoms with E-state index in [1.807, 2.05) is 18.2 Å². The second-order valence-corrected chi connectivity index (χ2v) is 6.37. The van der Waals surface area contributed by atoms with Gasteiger partial charge in [0.1, 0.15) is 12.3 Å². The smallest absolute Gasteiger partial charge is 0.338 e. The number of ether oxygens (including phenoxy) is 2. The first-order valence-corrected chi connectivity index (χ1v) is 9.30. The predicted molar refractivity (Wildman–Crippen MR) is 108 cm³/mol. The van der Waals surface area contributed by atoms with Gasteiger partial charge in [-0.2, -0.15) is 0 Å². The Bertz CT molecular complexity index is 897. The van der Waals surface area contributed by atoms with Gasteiger partial charge in [-0.1, -0.05) is 12.1 Å². The van der Waals surface area contributed by atoms with Crippen molar-refractivity contribution in [3.63, 3.8) is 0 Å². The van der Waals surface area contributed by atoms with E-state index in [2.05, 4.69) is 5.32 Å². The zero-order valence-corrected chi connectivity index (χ0v) is 16.4. The summed E-state index contributed by atoms with van der Waals surface area (Å²) < 4.78 is 10.2. The van der Waals surface area contributed by atoms with E-state index in [-0.39, 0.29) is 18.5 Å². The van der Waals surface area contributed by atoms with Crippen LogP contribution >= 0.6 is 0 Å². The molecule has 1 aliphatic heterocycles. The maximum Gasteiger partial charge on any atom is 0.338 e. The number of carbonyl (C=O) groups is 3. The Morgan fingerprint density at radius 1 is 1.07 bits per heavy atom. The highest BCUT2D eigenvalue weighted by atomic mass is 16.5. The van der Waals surface area contributed by atoms with Gasteiger partial charge < -0.3 is 19.7 Å². The first-order valence-electron chi connectivity index (χ1n) is 9.30. The maximum atomic E-state index is 12.7. The number of hydrogen-bond donors (Lipinski definition) is 1. The fourth-order valence-corrected chi connectivity index (χ4v) is 3.08. The third-order valence-electron chi connectivity index (χ3n) is 4.49. The van der Waals surface area contributed by atoms with Crippen LogP contribution in [0.2, 0.25) is 0 Å². The number of anilines is 2. The lowest BCUT2D eigenvalue weighted by atomic mass is 10.2. The summed E-state index contributed by atoms with van der Waals surface area (Å²) in [7, 11) is 1.55. The van der Waals surface area contributed by atoms with Crippen molar-refractivity contribution in [3.05, 3.63) is 54.1 Å². The average Bonchev–Trinajstić information content (AvgIpc) is 3.08. The fraction of sp³-hybridized carbons (Fsp3) is 0.286. The topological polar surface area (TPSA) is 88.2 Å². The van der Waals surface area contributed by atoms with Crippen molar-refractivity contribution in [3.8, 4) is 5.75 Å². The van der Waals surface area contributed by atoms with Gasteiger partial charge in [0.05, 0.1) is 25.0 Å². The van der Waals surface area contributed by atoms with Crippen LogP contribution in [0.5, 0.6) is 5.75 Å². The van der Waals surface area contributed by atoms with Crippen LogP contribution in [-0.2, 0) is 9.53 Å². The Labute approximate surface area is 169 Å². The highest BCUT2D eigenvalue weighted by Crippen LogP contribution is 2.30. The van der Waals surface area contributed by atoms with Crippen molar-refractivity contribution in [1.82, 2.24) is 4.90 Å². The molecule has 2 aromatic carbocycles. The number of hydrogen-bond acceptors (Lipinski definition) is 5. The third kappa shape index (κ3) is 4.66. The Hall–Kier alpha value is -3.55. The minimum atomic E-state index is -0.413. The van der Waals surface area contributed by atoms with Crippen LogP contribution in [0.1, 0.15) is 17.3 Å². The van der Waals surface area contributed by atoms with Gasteiger partial charge in [-0.25, -0.2) is 9.59 Å². The van der Waals surface area contributed by atoms with Crippen molar-refractivity contribution in [2.45, 2.75) is 6.92 Å². The zero-order valence-electron chi connectivity index (χ0n) is 16.4. The predicted octanol–water partition coefficient (Wildman–Crippen LogP) is 2.75. The molecule has 3 rings (SSSR count). The molecule has 0 aliphatic carbocycles. The molecule has 0 saturated carbocycles. The van der Waals surface area contributed by atoms with Crippen LogP contribution in [0.3, 0.4) is 0 Å². The summed E-state index contributed by atoms with van der Waals surface area (Å²) in [4.78, 5) is 39.8. The van der Waals surface area contributed by atoms with E-state index in [9.17, 15) is 14.4 Å². The second-order valence-electron chi connectivity index (χ2n) is 6.37. The molecule has 29 heavy (non-hydrogen) atoms. The normalized spacial score (nSPS) is 13.4. The van der Waals surface area contributed by atoms with Crippen molar-refractivity contribution in [2.24, 2.45) is 0 Å². The summed E-state index contributed by atoms with van der Waals surface area (Å²) in [6.45, 7) is 2.88. The Morgan fingerprint density at radius 3 is 2.48 bits per heavy atom. The third-order valence-corrected chi connectivity index (χ3v) is 4.49. The van der Waals surface area contributed by atoms with Crippen LogP contribution in [0.25, 0.3) is 0 Å². The number of urea groups is 1. The molecular formula is C21H23N3O5. The largest absolute Gasteiger partial charge is 0.495 e. The minimum Gasteiger partial charge on any atom is -0.495 e. The highest BCUT2D eigenvalue weighted by Gasteiger charge is 2.32. The minimum absolute atomic E-state index is 0.0654. The molecular weight excluding hydrogens is 374 g/mol. The maximum absolute atomic E-state index is 12.7. The summed E-state index contributed by atoms with van der Waals surface area (Å²) in [5.74, 6) is -0.123. The number of nitrogens with zero attached hydrogens (tertiary/aromatic N) is 2. The van der Waals surface area contributed by atoms with Crippen molar-refractivity contribution in [2.75, 3.05) is 43.6 Å². The summed E-state index contributed by atoms with van der Waals surface area (Å²) in [6.07, 6.45) is 0. The summed E-state index contributed by atoms with van der Waals surface area (Å²) >= 11 is 0. The molecule has 8 heteroatoms. The molecule has 0 aromatic heterocycles. The quantitative estimate of drug-likeness (QED) is 0.726. The molecule has 0 spiro atoms. The van der Waals surface area contributed by atoms with Crippen LogP contribution in [0.15, 0.2) is 48.5 Å². The van der Waals surface area contributed by atoms with Gasteiger partial charge >= 0.3 is 12.0 Å². The lowest BCUT2D eigenvalue weighted by molar-refractivity contribution is -0.116. The first kappa shape index (κ1) is 20.2. The Balaban J connectivity index is 1.59. The Morgan fingerprint density at radius 2 is 1.79 bits per heavy atom. The molecule has 0 bridgehead atoms. The molecule has 8 nitrogen and oxygen atoms in total. The highest BCUT2D eigenvalue weighted by molar-refractivity contribution is 6.00. The summed E-state index contributed by atoms with van der Waals surface area (Å²) in [6, 6.07) is 13.4. The number of nitrogens with one attached hydrogen (secondary N) is 1. The summed E-state index contributed by atoms with van der Waals surface area (Å²) in [5.41, 5.74) is 1.63. The first-order chi connectivity index (χ1) is 14.0. The molecule has 0 radical (unpaired) electrons. The Kier molecular flexibility index (Phi) is 6.33. The zero-order chi connectivity index (χ0) is 20.8. The number of methoxy groups -OCH3 is 1. The van der Waals surface area contributed by atoms with Crippen LogP contribution < -0.4 is 15.0 Å². The molecule has 0 unspecified atom stereocenters. The van der Waals surface area contributed by atoms with Gasteiger partial charge in [0.25, 0.3) is 0 Å². The van der Waals surface area contributed by atoms with Crippen molar-refractivity contribution < 1.29 is 23.9 Å². The molecule has 152 valence electrons. The number of amides is 3. The van der Waals surface area contributed by atoms with Gasteiger partial charge in [0, 0.05) is 18.8 Å². The molecule has 1 N–H and O–H groups in total. The number of para-hydroxylation sites is 2. The van der Waals surface area contributed by atoms with Crippen molar-refractivity contribution in [1.29, 1.82) is 0 Å². The van der Waals surface area contributed by atoms with E-state index in [1.54, 1.807) is 49.3 Å². The van der Waals surface area contributed by atoms with Crippen LogP contribution in [-0.4, -0.2) is 56.2 Å². The van der Waals surface area contributed by atoms with Gasteiger partial charge in [0.2, 0.25) is 5.91 Å². The van der Waals surface area contributed by atoms with E-state index in [0.29, 0.717) is 42.4 Å². The van der Waals surface area contributed by atoms with E-state index < -0.39 is 5.97 Å². The van der Waals surface area contributed by atoms with E-state index in [1.165, 1.54) is 4.90 Å². The number of rotatable bonds is 7. The molecule has 3 amide bonds. The lowest BCUT2D eigenvalue weighted by Gasteiger charge is -2.20. The number of benzene rings is 2. The molecule has 2 aromatic rings. The van der Waals surface area contributed by atoms with E-state index in [4.69, 9.17) is 9.47 Å². The second kappa shape index (κ2) is 9.09. The van der Waals surface area contributed by atoms with Crippen LogP contribution in [0.4, 0.5) is 16.2 Å². The average molecular weight is 397 g/mol. The molecule has 1 fully saturated rings. The van der Waals surface area contributed by atoms with Crippen LogP contribution in [0, 0.1) is 0 Å². The fourth-order valence-electron chi connectivity index (χ4n) is 3.08. The molecule has 1 saturated heterocycles. The van der Waals surface area contributed by atoms with Crippen molar-refractivity contribution >= 4 is 29.3 Å². The number of esters is 1. The van der Waals surface area contributed by atoms with E-state index in [0.717, 1.165) is 0 Å². The lowest BCUT2D eigenvalue weighted by Crippen LogP contribution is -2.37. The molecule has 1 aliphatic rings. The van der Waals surface area contributed by atoms with Gasteiger partial charge in [-0.3, -0.25) is 9.69 Å². The monoisotopic (exact) mass is 397 g/mol. The summed E-state index contributed by atoms with van der Waals surface area (Å²) in [5, 5.41) is 2.74. The molecule has 0 atom stereocenters.